The van der Waals surface area contributed by atoms with Crippen molar-refractivity contribution in [1.82, 2.24) is 20.1 Å². The molecular formula is C16H24N4O. The first-order valence-electron chi connectivity index (χ1n) is 7.51. The van der Waals surface area contributed by atoms with Gasteiger partial charge in [0, 0.05) is 24.3 Å². The standard InChI is InChI=1S/C16H24N4O/c1-5-7-17-13(4)14-6-8-18-16(9-14)21-15-10-19-20(11-15)12(2)3/h6,8-13,17H,5,7H2,1-4H3. The van der Waals surface area contributed by atoms with Crippen molar-refractivity contribution in [3.8, 4) is 11.6 Å². The molecule has 0 amide bonds. The van der Waals surface area contributed by atoms with E-state index in [-0.39, 0.29) is 6.04 Å². The van der Waals surface area contributed by atoms with Crippen LogP contribution in [0.25, 0.3) is 0 Å². The Labute approximate surface area is 126 Å². The lowest BCUT2D eigenvalue weighted by Crippen LogP contribution is -2.19. The van der Waals surface area contributed by atoms with Gasteiger partial charge in [-0.3, -0.25) is 4.68 Å². The molecule has 0 aliphatic rings. The van der Waals surface area contributed by atoms with E-state index in [9.17, 15) is 0 Å². The van der Waals surface area contributed by atoms with Crippen molar-refractivity contribution < 1.29 is 4.74 Å². The predicted molar refractivity (Wildman–Crippen MR) is 83.6 cm³/mol. The minimum absolute atomic E-state index is 0.286. The second-order valence-corrected chi connectivity index (χ2v) is 5.46. The van der Waals surface area contributed by atoms with E-state index < -0.39 is 0 Å². The van der Waals surface area contributed by atoms with Gasteiger partial charge in [-0.15, -0.1) is 0 Å². The highest BCUT2D eigenvalue weighted by atomic mass is 16.5. The fraction of sp³-hybridized carbons (Fsp3) is 0.500. The minimum Gasteiger partial charge on any atom is -0.436 e. The summed E-state index contributed by atoms with van der Waals surface area (Å²) in [5, 5.41) is 7.72. The maximum atomic E-state index is 5.78. The van der Waals surface area contributed by atoms with Crippen molar-refractivity contribution in [1.29, 1.82) is 0 Å². The lowest BCUT2D eigenvalue weighted by molar-refractivity contribution is 0.456. The number of nitrogens with one attached hydrogen (secondary N) is 1. The molecule has 2 aromatic rings. The molecule has 0 bridgehead atoms. The molecule has 1 atom stereocenters. The topological polar surface area (TPSA) is 52.0 Å². The van der Waals surface area contributed by atoms with Crippen LogP contribution < -0.4 is 10.1 Å². The van der Waals surface area contributed by atoms with Gasteiger partial charge in [0.1, 0.15) is 0 Å². The van der Waals surface area contributed by atoms with E-state index in [1.807, 2.05) is 23.0 Å². The molecular weight excluding hydrogens is 264 g/mol. The Kier molecular flexibility index (Phi) is 5.33. The highest BCUT2D eigenvalue weighted by molar-refractivity contribution is 5.27. The van der Waals surface area contributed by atoms with Crippen molar-refractivity contribution in [2.24, 2.45) is 0 Å². The van der Waals surface area contributed by atoms with E-state index in [1.165, 1.54) is 5.56 Å². The van der Waals surface area contributed by atoms with Crippen molar-refractivity contribution >= 4 is 0 Å². The van der Waals surface area contributed by atoms with E-state index in [4.69, 9.17) is 4.74 Å². The summed E-state index contributed by atoms with van der Waals surface area (Å²) in [5.74, 6) is 1.31. The van der Waals surface area contributed by atoms with Crippen LogP contribution in [0, 0.1) is 0 Å². The van der Waals surface area contributed by atoms with Gasteiger partial charge in [0.2, 0.25) is 5.88 Å². The Morgan fingerprint density at radius 3 is 2.81 bits per heavy atom. The molecule has 1 unspecified atom stereocenters. The summed E-state index contributed by atoms with van der Waals surface area (Å²) in [4.78, 5) is 4.26. The molecule has 2 aromatic heterocycles. The molecule has 0 saturated heterocycles. The van der Waals surface area contributed by atoms with Crippen LogP contribution in [0.1, 0.15) is 51.8 Å². The predicted octanol–water partition coefficient (Wildman–Crippen LogP) is 3.71. The first kappa shape index (κ1) is 15.5. The summed E-state index contributed by atoms with van der Waals surface area (Å²) in [7, 11) is 0. The zero-order chi connectivity index (χ0) is 15.2. The van der Waals surface area contributed by atoms with Gasteiger partial charge in [-0.05, 0) is 45.4 Å². The van der Waals surface area contributed by atoms with Crippen LogP contribution in [0.2, 0.25) is 0 Å². The van der Waals surface area contributed by atoms with Crippen LogP contribution >= 0.6 is 0 Å². The van der Waals surface area contributed by atoms with Gasteiger partial charge >= 0.3 is 0 Å². The van der Waals surface area contributed by atoms with Crippen molar-refractivity contribution in [3.63, 3.8) is 0 Å². The van der Waals surface area contributed by atoms with Gasteiger partial charge in [0.05, 0.1) is 12.4 Å². The summed E-state index contributed by atoms with van der Waals surface area (Å²) >= 11 is 0. The molecule has 21 heavy (non-hydrogen) atoms. The van der Waals surface area contributed by atoms with Crippen LogP contribution in [0.3, 0.4) is 0 Å². The quantitative estimate of drug-likeness (QED) is 0.843. The Morgan fingerprint density at radius 1 is 1.33 bits per heavy atom. The highest BCUT2D eigenvalue weighted by Gasteiger charge is 2.08. The van der Waals surface area contributed by atoms with Crippen LogP contribution in [0.5, 0.6) is 11.6 Å². The lowest BCUT2D eigenvalue weighted by Gasteiger charge is -2.14. The Balaban J connectivity index is 2.06. The third kappa shape index (κ3) is 4.29. The summed E-state index contributed by atoms with van der Waals surface area (Å²) < 4.78 is 7.65. The first-order valence-corrected chi connectivity index (χ1v) is 7.51. The van der Waals surface area contributed by atoms with Crippen LogP contribution in [-0.4, -0.2) is 21.3 Å². The summed E-state index contributed by atoms with van der Waals surface area (Å²) in [6, 6.07) is 4.59. The molecule has 0 saturated carbocycles. The normalized spacial score (nSPS) is 12.6. The fourth-order valence-corrected chi connectivity index (χ4v) is 2.01. The third-order valence-corrected chi connectivity index (χ3v) is 3.29. The molecule has 0 spiro atoms. The van der Waals surface area contributed by atoms with Crippen LogP contribution in [0.4, 0.5) is 0 Å². The Morgan fingerprint density at radius 2 is 2.14 bits per heavy atom. The smallest absolute Gasteiger partial charge is 0.219 e. The number of aromatic nitrogens is 3. The number of pyridine rings is 1. The number of rotatable bonds is 7. The van der Waals surface area contributed by atoms with E-state index in [0.717, 1.165) is 13.0 Å². The van der Waals surface area contributed by atoms with E-state index >= 15 is 0 Å². The maximum absolute atomic E-state index is 5.78. The number of nitrogens with zero attached hydrogens (tertiary/aromatic N) is 3. The summed E-state index contributed by atoms with van der Waals surface area (Å²) in [6.07, 6.45) is 6.50. The van der Waals surface area contributed by atoms with Gasteiger partial charge in [-0.1, -0.05) is 6.92 Å². The second kappa shape index (κ2) is 7.22. The second-order valence-electron chi connectivity index (χ2n) is 5.46. The Bertz CT molecular complexity index is 565. The van der Waals surface area contributed by atoms with Crippen molar-refractivity contribution in [2.75, 3.05) is 6.54 Å². The summed E-state index contributed by atoms with van der Waals surface area (Å²) in [5.41, 5.74) is 1.17. The third-order valence-electron chi connectivity index (χ3n) is 3.29. The molecule has 2 heterocycles. The fourth-order valence-electron chi connectivity index (χ4n) is 2.01. The molecule has 114 valence electrons. The van der Waals surface area contributed by atoms with Crippen LogP contribution in [0.15, 0.2) is 30.7 Å². The largest absolute Gasteiger partial charge is 0.436 e. The van der Waals surface area contributed by atoms with Gasteiger partial charge in [0.15, 0.2) is 5.75 Å². The molecule has 5 nitrogen and oxygen atoms in total. The molecule has 5 heteroatoms. The van der Waals surface area contributed by atoms with Crippen molar-refractivity contribution in [2.45, 2.75) is 46.2 Å². The molecule has 0 aliphatic carbocycles. The zero-order valence-electron chi connectivity index (χ0n) is 13.2. The number of hydrogen-bond donors (Lipinski definition) is 1. The average Bonchev–Trinajstić information content (AvgIpc) is 2.94. The summed E-state index contributed by atoms with van der Waals surface area (Å²) in [6.45, 7) is 9.47. The van der Waals surface area contributed by atoms with Crippen LogP contribution in [-0.2, 0) is 0 Å². The maximum Gasteiger partial charge on any atom is 0.219 e. The molecule has 0 fully saturated rings. The number of hydrogen-bond acceptors (Lipinski definition) is 4. The SMILES string of the molecule is CCCNC(C)c1ccnc(Oc2cnn(C(C)C)c2)c1. The molecule has 0 radical (unpaired) electrons. The minimum atomic E-state index is 0.286. The molecule has 1 N–H and O–H groups in total. The first-order chi connectivity index (χ1) is 10.1. The molecule has 0 aliphatic heterocycles. The lowest BCUT2D eigenvalue weighted by atomic mass is 10.1. The van der Waals surface area contributed by atoms with Gasteiger partial charge in [-0.2, -0.15) is 5.10 Å². The highest BCUT2D eigenvalue weighted by Crippen LogP contribution is 2.22. The molecule has 2 rings (SSSR count). The van der Waals surface area contributed by atoms with E-state index in [2.05, 4.69) is 43.1 Å². The molecule has 0 aromatic carbocycles. The average molecular weight is 288 g/mol. The van der Waals surface area contributed by atoms with Crippen molar-refractivity contribution in [3.05, 3.63) is 36.3 Å². The number of ether oxygens (including phenoxy) is 1. The van der Waals surface area contributed by atoms with E-state index in [0.29, 0.717) is 17.7 Å². The van der Waals surface area contributed by atoms with Gasteiger partial charge < -0.3 is 10.1 Å². The van der Waals surface area contributed by atoms with Gasteiger partial charge in [-0.25, -0.2) is 4.98 Å². The Hall–Kier alpha value is -1.88. The van der Waals surface area contributed by atoms with E-state index in [1.54, 1.807) is 12.4 Å². The zero-order valence-corrected chi connectivity index (χ0v) is 13.2. The van der Waals surface area contributed by atoms with Gasteiger partial charge in [0.25, 0.3) is 0 Å². The monoisotopic (exact) mass is 288 g/mol.